The van der Waals surface area contributed by atoms with Crippen LogP contribution in [0.5, 0.6) is 0 Å². The molecule has 150 valence electrons. The first-order valence-corrected chi connectivity index (χ1v) is 11.4. The van der Waals surface area contributed by atoms with Gasteiger partial charge in [0.2, 0.25) is 15.9 Å². The highest BCUT2D eigenvalue weighted by atomic mass is 32.2. The molecule has 0 bridgehead atoms. The zero-order valence-corrected chi connectivity index (χ0v) is 17.1. The fourth-order valence-corrected chi connectivity index (χ4v) is 5.13. The molecule has 1 amide bonds. The van der Waals surface area contributed by atoms with Gasteiger partial charge in [-0.1, -0.05) is 67.6 Å². The van der Waals surface area contributed by atoms with E-state index in [1.165, 1.54) is 9.87 Å². The van der Waals surface area contributed by atoms with Gasteiger partial charge in [-0.25, -0.2) is 12.7 Å². The highest BCUT2D eigenvalue weighted by molar-refractivity contribution is 7.88. The smallest absolute Gasteiger partial charge is 0.223 e. The second kappa shape index (κ2) is 9.34. The fourth-order valence-electron chi connectivity index (χ4n) is 3.57. The summed E-state index contributed by atoms with van der Waals surface area (Å²) in [5, 5.41) is 3.04. The molecule has 0 saturated carbocycles. The maximum atomic E-state index is 12.6. The van der Waals surface area contributed by atoms with Gasteiger partial charge in [-0.05, 0) is 29.9 Å². The molecule has 2 aromatic rings. The van der Waals surface area contributed by atoms with Crippen molar-refractivity contribution in [1.29, 1.82) is 0 Å². The number of carbonyl (C=O) groups is 1. The van der Waals surface area contributed by atoms with Crippen LogP contribution in [0.2, 0.25) is 0 Å². The summed E-state index contributed by atoms with van der Waals surface area (Å²) in [6, 6.07) is 19.3. The zero-order chi connectivity index (χ0) is 20.0. The molecule has 0 aromatic heterocycles. The minimum absolute atomic E-state index is 0.0132. The number of piperidine rings is 1. The quantitative estimate of drug-likeness (QED) is 0.776. The van der Waals surface area contributed by atoms with Crippen LogP contribution >= 0.6 is 0 Å². The van der Waals surface area contributed by atoms with E-state index in [4.69, 9.17) is 0 Å². The van der Waals surface area contributed by atoms with Crippen LogP contribution in [0.3, 0.4) is 0 Å². The van der Waals surface area contributed by atoms with Crippen LogP contribution in [0.25, 0.3) is 0 Å². The molecular formula is C22H28N2O3S. The normalized spacial score (nSPS) is 17.2. The summed E-state index contributed by atoms with van der Waals surface area (Å²) >= 11 is 0. The van der Waals surface area contributed by atoms with Crippen molar-refractivity contribution in [3.8, 4) is 0 Å². The SMILES string of the molecule is C[C@@H](CNC(=O)C1CCN(S(=O)(=O)Cc2ccccc2)CC1)c1ccccc1. The molecule has 0 radical (unpaired) electrons. The Labute approximate surface area is 167 Å². The Morgan fingerprint density at radius 3 is 2.21 bits per heavy atom. The Kier molecular flexibility index (Phi) is 6.86. The number of benzene rings is 2. The third kappa shape index (κ3) is 5.42. The second-order valence-electron chi connectivity index (χ2n) is 7.47. The maximum absolute atomic E-state index is 12.6. The van der Waals surface area contributed by atoms with Crippen molar-refractivity contribution >= 4 is 15.9 Å². The van der Waals surface area contributed by atoms with Crippen LogP contribution in [0, 0.1) is 5.92 Å². The highest BCUT2D eigenvalue weighted by Gasteiger charge is 2.31. The van der Waals surface area contributed by atoms with Crippen LogP contribution in [0.1, 0.15) is 36.8 Å². The van der Waals surface area contributed by atoms with Crippen molar-refractivity contribution in [2.45, 2.75) is 31.4 Å². The van der Waals surface area contributed by atoms with E-state index in [2.05, 4.69) is 24.4 Å². The van der Waals surface area contributed by atoms with Gasteiger partial charge in [-0.15, -0.1) is 0 Å². The molecule has 1 saturated heterocycles. The average molecular weight is 401 g/mol. The Morgan fingerprint density at radius 1 is 1.04 bits per heavy atom. The first-order valence-electron chi connectivity index (χ1n) is 9.80. The van der Waals surface area contributed by atoms with E-state index in [9.17, 15) is 13.2 Å². The van der Waals surface area contributed by atoms with Gasteiger partial charge in [0.1, 0.15) is 0 Å². The Morgan fingerprint density at radius 2 is 1.61 bits per heavy atom. The van der Waals surface area contributed by atoms with Gasteiger partial charge in [0.05, 0.1) is 5.75 Å². The summed E-state index contributed by atoms with van der Waals surface area (Å²) < 4.78 is 26.8. The van der Waals surface area contributed by atoms with Crippen LogP contribution in [-0.2, 0) is 20.6 Å². The molecule has 28 heavy (non-hydrogen) atoms. The van der Waals surface area contributed by atoms with Gasteiger partial charge < -0.3 is 5.32 Å². The standard InChI is InChI=1S/C22H28N2O3S/c1-18(20-10-6-3-7-11-20)16-23-22(25)21-12-14-24(15-13-21)28(26,27)17-19-8-4-2-5-9-19/h2-11,18,21H,12-17H2,1H3,(H,23,25)/t18-/m0/s1. The third-order valence-electron chi connectivity index (χ3n) is 5.36. The Balaban J connectivity index is 1.47. The summed E-state index contributed by atoms with van der Waals surface area (Å²) in [5.41, 5.74) is 1.99. The van der Waals surface area contributed by atoms with E-state index in [-0.39, 0.29) is 23.5 Å². The van der Waals surface area contributed by atoms with Gasteiger partial charge in [0, 0.05) is 25.6 Å². The van der Waals surface area contributed by atoms with Gasteiger partial charge >= 0.3 is 0 Å². The van der Waals surface area contributed by atoms with Crippen molar-refractivity contribution in [3.63, 3.8) is 0 Å². The van der Waals surface area contributed by atoms with Crippen molar-refractivity contribution in [3.05, 3.63) is 71.8 Å². The molecule has 5 nitrogen and oxygen atoms in total. The van der Waals surface area contributed by atoms with E-state index >= 15 is 0 Å². The number of amides is 1. The Bertz CT molecular complexity index is 861. The van der Waals surface area contributed by atoms with Crippen molar-refractivity contribution in [2.75, 3.05) is 19.6 Å². The molecule has 0 unspecified atom stereocenters. The molecule has 6 heteroatoms. The lowest BCUT2D eigenvalue weighted by atomic mass is 9.96. The van der Waals surface area contributed by atoms with Gasteiger partial charge in [-0.3, -0.25) is 4.79 Å². The zero-order valence-electron chi connectivity index (χ0n) is 16.3. The molecule has 1 heterocycles. The van der Waals surface area contributed by atoms with Crippen LogP contribution in [-0.4, -0.2) is 38.3 Å². The minimum Gasteiger partial charge on any atom is -0.355 e. The van der Waals surface area contributed by atoms with Gasteiger partial charge in [0.15, 0.2) is 0 Å². The summed E-state index contributed by atoms with van der Waals surface area (Å²) in [4.78, 5) is 12.5. The van der Waals surface area contributed by atoms with Gasteiger partial charge in [0.25, 0.3) is 0 Å². The number of nitrogens with one attached hydrogen (secondary N) is 1. The molecule has 1 atom stereocenters. The fraction of sp³-hybridized carbons (Fsp3) is 0.409. The summed E-state index contributed by atoms with van der Waals surface area (Å²) in [7, 11) is -3.35. The number of carbonyl (C=O) groups excluding carboxylic acids is 1. The van der Waals surface area contributed by atoms with Gasteiger partial charge in [-0.2, -0.15) is 0 Å². The lowest BCUT2D eigenvalue weighted by Crippen LogP contribution is -2.43. The number of hydrogen-bond acceptors (Lipinski definition) is 3. The van der Waals surface area contributed by atoms with Crippen molar-refractivity contribution in [2.24, 2.45) is 5.92 Å². The molecule has 0 spiro atoms. The molecule has 2 aromatic carbocycles. The number of sulfonamides is 1. The lowest BCUT2D eigenvalue weighted by molar-refractivity contribution is -0.126. The third-order valence-corrected chi connectivity index (χ3v) is 7.21. The second-order valence-corrected chi connectivity index (χ2v) is 9.44. The first-order chi connectivity index (χ1) is 13.5. The summed E-state index contributed by atoms with van der Waals surface area (Å²) in [6.45, 7) is 3.49. The number of hydrogen-bond donors (Lipinski definition) is 1. The molecule has 1 aliphatic heterocycles. The first kappa shape index (κ1) is 20.6. The molecule has 1 aliphatic rings. The highest BCUT2D eigenvalue weighted by Crippen LogP contribution is 2.22. The molecule has 0 aliphatic carbocycles. The van der Waals surface area contributed by atoms with E-state index in [0.29, 0.717) is 32.5 Å². The topological polar surface area (TPSA) is 66.5 Å². The van der Waals surface area contributed by atoms with Crippen LogP contribution < -0.4 is 5.32 Å². The van der Waals surface area contributed by atoms with E-state index in [1.54, 1.807) is 0 Å². The van der Waals surface area contributed by atoms with Crippen molar-refractivity contribution in [1.82, 2.24) is 9.62 Å². The molecule has 1 N–H and O–H groups in total. The monoisotopic (exact) mass is 400 g/mol. The number of rotatable bonds is 7. The predicted octanol–water partition coefficient (Wildman–Crippen LogP) is 3.15. The maximum Gasteiger partial charge on any atom is 0.223 e. The van der Waals surface area contributed by atoms with Crippen molar-refractivity contribution < 1.29 is 13.2 Å². The molecule has 1 fully saturated rings. The minimum atomic E-state index is -3.35. The van der Waals surface area contributed by atoms with E-state index in [1.807, 2.05) is 48.5 Å². The van der Waals surface area contributed by atoms with E-state index in [0.717, 1.165) is 5.56 Å². The number of nitrogens with zero attached hydrogens (tertiary/aromatic N) is 1. The predicted molar refractivity (Wildman–Crippen MR) is 111 cm³/mol. The summed E-state index contributed by atoms with van der Waals surface area (Å²) in [6.07, 6.45) is 1.14. The average Bonchev–Trinajstić information content (AvgIpc) is 2.73. The Hall–Kier alpha value is -2.18. The van der Waals surface area contributed by atoms with E-state index < -0.39 is 10.0 Å². The van der Waals surface area contributed by atoms with Crippen LogP contribution in [0.4, 0.5) is 0 Å². The largest absolute Gasteiger partial charge is 0.355 e. The lowest BCUT2D eigenvalue weighted by Gasteiger charge is -2.30. The summed E-state index contributed by atoms with van der Waals surface area (Å²) in [5.74, 6) is 0.171. The molecule has 3 rings (SSSR count). The molecular weight excluding hydrogens is 372 g/mol. The van der Waals surface area contributed by atoms with Crippen LogP contribution in [0.15, 0.2) is 60.7 Å².